The Balaban J connectivity index is 2.17. The van der Waals surface area contributed by atoms with Crippen LogP contribution in [0, 0.1) is 6.92 Å². The fourth-order valence-corrected chi connectivity index (χ4v) is 1.31. The lowest BCUT2D eigenvalue weighted by Gasteiger charge is -2.01. The van der Waals surface area contributed by atoms with Gasteiger partial charge in [0.1, 0.15) is 11.5 Å². The molecule has 0 amide bonds. The molecule has 88 valence electrons. The second-order valence-corrected chi connectivity index (χ2v) is 3.52. The van der Waals surface area contributed by atoms with Crippen LogP contribution in [0.4, 0.5) is 5.95 Å². The summed E-state index contributed by atoms with van der Waals surface area (Å²) >= 11 is 0. The van der Waals surface area contributed by atoms with Crippen molar-refractivity contribution in [2.24, 2.45) is 5.10 Å². The van der Waals surface area contributed by atoms with E-state index in [1.165, 1.54) is 6.07 Å². The van der Waals surface area contributed by atoms with Crippen LogP contribution in [0.5, 0.6) is 0 Å². The summed E-state index contributed by atoms with van der Waals surface area (Å²) in [6.07, 6.45) is 1.57. The number of hydrogen-bond donors (Lipinski definition) is 2. The standard InChI is InChI=1S/C11H12N4O2/c1-7-6-10(16)13-11(12-7)15-14-8(2)9-4-3-5-17-9/h3-6H,1-2H3,(H2,12,13,15,16). The summed E-state index contributed by atoms with van der Waals surface area (Å²) in [4.78, 5) is 17.8. The van der Waals surface area contributed by atoms with Crippen LogP contribution in [0.2, 0.25) is 0 Å². The monoisotopic (exact) mass is 232 g/mol. The van der Waals surface area contributed by atoms with E-state index in [0.29, 0.717) is 23.1 Å². The molecule has 2 N–H and O–H groups in total. The number of anilines is 1. The fourth-order valence-electron chi connectivity index (χ4n) is 1.31. The number of aromatic nitrogens is 2. The Kier molecular flexibility index (Phi) is 3.04. The molecule has 0 spiro atoms. The molecule has 0 aromatic carbocycles. The lowest BCUT2D eigenvalue weighted by Crippen LogP contribution is -2.11. The molecular formula is C11H12N4O2. The number of aromatic amines is 1. The first-order valence-corrected chi connectivity index (χ1v) is 5.07. The van der Waals surface area contributed by atoms with Gasteiger partial charge in [0, 0.05) is 11.8 Å². The van der Waals surface area contributed by atoms with Crippen molar-refractivity contribution in [3.05, 3.63) is 46.3 Å². The Bertz CT molecular complexity index is 584. The summed E-state index contributed by atoms with van der Waals surface area (Å²) in [6, 6.07) is 4.99. The van der Waals surface area contributed by atoms with E-state index in [2.05, 4.69) is 20.5 Å². The maximum absolute atomic E-state index is 11.2. The predicted octanol–water partition coefficient (Wildman–Crippen LogP) is 1.51. The summed E-state index contributed by atoms with van der Waals surface area (Å²) in [5.41, 5.74) is 3.75. The second kappa shape index (κ2) is 4.65. The summed E-state index contributed by atoms with van der Waals surface area (Å²) in [5.74, 6) is 0.966. The number of hydrogen-bond acceptors (Lipinski definition) is 5. The van der Waals surface area contributed by atoms with E-state index in [1.807, 2.05) is 0 Å². The SMILES string of the molecule is CC(=NNc1nc(C)cc(=O)[nH]1)c1ccco1. The zero-order valence-corrected chi connectivity index (χ0v) is 9.52. The summed E-state index contributed by atoms with van der Waals surface area (Å²) in [5, 5.41) is 4.06. The number of rotatable bonds is 3. The normalized spacial score (nSPS) is 11.5. The van der Waals surface area contributed by atoms with Gasteiger partial charge in [0.05, 0.1) is 6.26 Å². The predicted molar refractivity (Wildman–Crippen MR) is 64.1 cm³/mol. The van der Waals surface area contributed by atoms with Gasteiger partial charge in [0.15, 0.2) is 0 Å². The first-order valence-electron chi connectivity index (χ1n) is 5.07. The molecule has 2 aromatic rings. The van der Waals surface area contributed by atoms with Crippen LogP contribution in [0.3, 0.4) is 0 Å². The van der Waals surface area contributed by atoms with Crippen LogP contribution in [0.15, 0.2) is 38.8 Å². The number of furan rings is 1. The van der Waals surface area contributed by atoms with Gasteiger partial charge in [-0.1, -0.05) is 0 Å². The van der Waals surface area contributed by atoms with Gasteiger partial charge < -0.3 is 4.42 Å². The van der Waals surface area contributed by atoms with Crippen LogP contribution < -0.4 is 11.0 Å². The average Bonchev–Trinajstić information content (AvgIpc) is 2.78. The molecule has 6 nitrogen and oxygen atoms in total. The molecule has 17 heavy (non-hydrogen) atoms. The molecule has 0 aliphatic heterocycles. The highest BCUT2D eigenvalue weighted by Gasteiger charge is 2.00. The zero-order valence-electron chi connectivity index (χ0n) is 9.52. The number of aryl methyl sites for hydroxylation is 1. The smallest absolute Gasteiger partial charge is 0.252 e. The van der Waals surface area contributed by atoms with Gasteiger partial charge in [-0.3, -0.25) is 9.78 Å². The van der Waals surface area contributed by atoms with E-state index in [-0.39, 0.29) is 5.56 Å². The van der Waals surface area contributed by atoms with Crippen LogP contribution in [-0.4, -0.2) is 15.7 Å². The maximum atomic E-state index is 11.2. The molecule has 0 bridgehead atoms. The molecule has 0 radical (unpaired) electrons. The van der Waals surface area contributed by atoms with Gasteiger partial charge in [0.25, 0.3) is 5.56 Å². The van der Waals surface area contributed by atoms with Gasteiger partial charge in [-0.05, 0) is 26.0 Å². The van der Waals surface area contributed by atoms with Gasteiger partial charge in [-0.25, -0.2) is 10.4 Å². The third-order valence-electron chi connectivity index (χ3n) is 2.08. The zero-order chi connectivity index (χ0) is 12.3. The Morgan fingerprint density at radius 3 is 3.06 bits per heavy atom. The first kappa shape index (κ1) is 11.1. The minimum Gasteiger partial charge on any atom is -0.463 e. The summed E-state index contributed by atoms with van der Waals surface area (Å²) < 4.78 is 5.17. The van der Waals surface area contributed by atoms with Crippen LogP contribution >= 0.6 is 0 Å². The molecule has 0 fully saturated rings. The van der Waals surface area contributed by atoms with Crippen molar-refractivity contribution in [3.8, 4) is 0 Å². The van der Waals surface area contributed by atoms with E-state index in [4.69, 9.17) is 4.42 Å². The molecule has 0 saturated heterocycles. The average molecular weight is 232 g/mol. The van der Waals surface area contributed by atoms with E-state index in [9.17, 15) is 4.79 Å². The topological polar surface area (TPSA) is 83.3 Å². The molecule has 0 atom stereocenters. The number of nitrogens with one attached hydrogen (secondary N) is 2. The highest BCUT2D eigenvalue weighted by molar-refractivity contribution is 5.96. The molecule has 0 aliphatic carbocycles. The van der Waals surface area contributed by atoms with Crippen LogP contribution in [0.25, 0.3) is 0 Å². The minimum absolute atomic E-state index is 0.217. The Labute approximate surface area is 97.4 Å². The fraction of sp³-hybridized carbons (Fsp3) is 0.182. The van der Waals surface area contributed by atoms with Gasteiger partial charge in [-0.2, -0.15) is 5.10 Å². The highest BCUT2D eigenvalue weighted by atomic mass is 16.3. The van der Waals surface area contributed by atoms with E-state index < -0.39 is 0 Å². The van der Waals surface area contributed by atoms with Crippen LogP contribution in [0.1, 0.15) is 18.4 Å². The molecule has 0 saturated carbocycles. The van der Waals surface area contributed by atoms with E-state index in [1.54, 1.807) is 32.2 Å². The van der Waals surface area contributed by atoms with Crippen molar-refractivity contribution >= 4 is 11.7 Å². The van der Waals surface area contributed by atoms with Crippen molar-refractivity contribution in [1.82, 2.24) is 9.97 Å². The van der Waals surface area contributed by atoms with E-state index in [0.717, 1.165) is 0 Å². The molecule has 0 unspecified atom stereocenters. The summed E-state index contributed by atoms with van der Waals surface area (Å²) in [6.45, 7) is 3.53. The Morgan fingerprint density at radius 1 is 1.59 bits per heavy atom. The molecule has 2 heterocycles. The molecular weight excluding hydrogens is 220 g/mol. The van der Waals surface area contributed by atoms with Crippen molar-refractivity contribution < 1.29 is 4.42 Å². The molecule has 2 aromatic heterocycles. The summed E-state index contributed by atoms with van der Waals surface area (Å²) in [7, 11) is 0. The number of H-pyrrole nitrogens is 1. The third-order valence-corrected chi connectivity index (χ3v) is 2.08. The quantitative estimate of drug-likeness (QED) is 0.620. The number of hydrazone groups is 1. The van der Waals surface area contributed by atoms with Crippen molar-refractivity contribution in [2.75, 3.05) is 5.43 Å². The highest BCUT2D eigenvalue weighted by Crippen LogP contribution is 2.03. The van der Waals surface area contributed by atoms with Gasteiger partial charge in [-0.15, -0.1) is 0 Å². The van der Waals surface area contributed by atoms with Gasteiger partial charge >= 0.3 is 0 Å². The van der Waals surface area contributed by atoms with Crippen molar-refractivity contribution in [1.29, 1.82) is 0 Å². The van der Waals surface area contributed by atoms with Crippen LogP contribution in [-0.2, 0) is 0 Å². The maximum Gasteiger partial charge on any atom is 0.252 e. The molecule has 0 aliphatic rings. The third kappa shape index (κ3) is 2.81. The van der Waals surface area contributed by atoms with Crippen molar-refractivity contribution in [2.45, 2.75) is 13.8 Å². The van der Waals surface area contributed by atoms with Gasteiger partial charge in [0.2, 0.25) is 5.95 Å². The molecule has 2 rings (SSSR count). The number of nitrogens with zero attached hydrogens (tertiary/aromatic N) is 2. The lowest BCUT2D eigenvalue weighted by molar-refractivity contribution is 0.557. The first-order chi connectivity index (χ1) is 8.15. The second-order valence-electron chi connectivity index (χ2n) is 3.52. The van der Waals surface area contributed by atoms with E-state index >= 15 is 0 Å². The molecule has 6 heteroatoms. The Morgan fingerprint density at radius 2 is 2.41 bits per heavy atom. The largest absolute Gasteiger partial charge is 0.463 e. The minimum atomic E-state index is -0.217. The Hall–Kier alpha value is -2.37. The lowest BCUT2D eigenvalue weighted by atomic mass is 10.3. The van der Waals surface area contributed by atoms with Crippen molar-refractivity contribution in [3.63, 3.8) is 0 Å².